The summed E-state index contributed by atoms with van der Waals surface area (Å²) in [6.07, 6.45) is 41.9. The summed E-state index contributed by atoms with van der Waals surface area (Å²) in [5, 5.41) is 0. The molecule has 1 unspecified atom stereocenters. The number of allylic oxidation sites excluding steroid dienone is 2. The predicted molar refractivity (Wildman–Crippen MR) is 215 cm³/mol. The molecule has 300 valence electrons. The summed E-state index contributed by atoms with van der Waals surface area (Å²) in [6, 6.07) is 0. The first-order valence-corrected chi connectivity index (χ1v) is 22.2. The number of esters is 3. The second kappa shape index (κ2) is 40.9. The second-order valence-corrected chi connectivity index (χ2v) is 15.0. The van der Waals surface area contributed by atoms with Gasteiger partial charge in [-0.2, -0.15) is 0 Å². The Morgan fingerprint density at radius 1 is 0.373 bits per heavy atom. The maximum atomic E-state index is 12.6. The topological polar surface area (TPSA) is 78.9 Å². The lowest BCUT2D eigenvalue weighted by Gasteiger charge is -2.18. The number of hydrogen-bond donors (Lipinski definition) is 0. The summed E-state index contributed by atoms with van der Waals surface area (Å²) in [6.45, 7) is 6.57. The van der Waals surface area contributed by atoms with E-state index in [4.69, 9.17) is 14.2 Å². The van der Waals surface area contributed by atoms with Crippen LogP contribution in [0.2, 0.25) is 0 Å². The van der Waals surface area contributed by atoms with Gasteiger partial charge < -0.3 is 14.2 Å². The molecular weight excluding hydrogens is 636 g/mol. The molecule has 0 aliphatic heterocycles. The quantitative estimate of drug-likeness (QED) is 0.0271. The van der Waals surface area contributed by atoms with Gasteiger partial charge >= 0.3 is 17.9 Å². The van der Waals surface area contributed by atoms with Gasteiger partial charge in [0.1, 0.15) is 13.2 Å². The van der Waals surface area contributed by atoms with E-state index in [9.17, 15) is 14.4 Å². The average Bonchev–Trinajstić information content (AvgIpc) is 3.12. The van der Waals surface area contributed by atoms with Crippen LogP contribution in [0.1, 0.15) is 239 Å². The third kappa shape index (κ3) is 39.2. The molecule has 0 aromatic heterocycles. The molecule has 0 rings (SSSR count). The van der Waals surface area contributed by atoms with Crippen LogP contribution in [0.4, 0.5) is 0 Å². The fraction of sp³-hybridized carbons (Fsp3) is 0.889. The monoisotopic (exact) mass is 721 g/mol. The molecule has 0 aromatic carbocycles. The Balaban J connectivity index is 4.33. The lowest BCUT2D eigenvalue weighted by atomic mass is 10.0. The van der Waals surface area contributed by atoms with Gasteiger partial charge in [0.15, 0.2) is 6.10 Å². The van der Waals surface area contributed by atoms with Crippen LogP contribution < -0.4 is 0 Å². The summed E-state index contributed by atoms with van der Waals surface area (Å²) >= 11 is 0. The van der Waals surface area contributed by atoms with Crippen molar-refractivity contribution in [2.24, 2.45) is 0 Å². The van der Waals surface area contributed by atoms with Gasteiger partial charge in [-0.3, -0.25) is 14.4 Å². The molecule has 1 atom stereocenters. The number of carbonyl (C=O) groups excluding carboxylic acids is 3. The average molecular weight is 721 g/mol. The van der Waals surface area contributed by atoms with E-state index in [0.29, 0.717) is 19.3 Å². The van der Waals surface area contributed by atoms with Crippen LogP contribution in [0.15, 0.2) is 12.2 Å². The molecule has 6 nitrogen and oxygen atoms in total. The predicted octanol–water partition coefficient (Wildman–Crippen LogP) is 13.9. The van der Waals surface area contributed by atoms with Gasteiger partial charge in [-0.15, -0.1) is 0 Å². The summed E-state index contributed by atoms with van der Waals surface area (Å²) in [5.74, 6) is -0.880. The minimum Gasteiger partial charge on any atom is -0.462 e. The maximum Gasteiger partial charge on any atom is 0.306 e. The van der Waals surface area contributed by atoms with E-state index in [-0.39, 0.29) is 31.1 Å². The number of ether oxygens (including phenoxy) is 3. The Labute approximate surface area is 316 Å². The van der Waals surface area contributed by atoms with Gasteiger partial charge in [0.2, 0.25) is 0 Å². The van der Waals surface area contributed by atoms with E-state index < -0.39 is 6.10 Å². The first kappa shape index (κ1) is 49.1. The molecule has 0 bridgehead atoms. The smallest absolute Gasteiger partial charge is 0.306 e. The minimum atomic E-state index is -0.766. The highest BCUT2D eigenvalue weighted by molar-refractivity contribution is 5.71. The molecule has 0 saturated carbocycles. The summed E-state index contributed by atoms with van der Waals surface area (Å²) in [7, 11) is 0. The largest absolute Gasteiger partial charge is 0.462 e. The van der Waals surface area contributed by atoms with Gasteiger partial charge in [0.25, 0.3) is 0 Å². The molecule has 0 radical (unpaired) electrons. The number of hydrogen-bond acceptors (Lipinski definition) is 6. The standard InChI is InChI=1S/C45H84O6/c1-4-7-10-13-16-19-22-23-24-27-29-32-35-38-44(47)50-41-42(51-45(48)39-36-33-30-26-21-18-15-12-9-6-3)40-49-43(46)37-34-31-28-25-20-17-14-11-8-5-2/h15,18,42H,4-14,16-17,19-41H2,1-3H3/b18-15-. The molecule has 0 heterocycles. The summed E-state index contributed by atoms with van der Waals surface area (Å²) < 4.78 is 16.7. The minimum absolute atomic E-state index is 0.0705. The highest BCUT2D eigenvalue weighted by Gasteiger charge is 2.19. The Kier molecular flexibility index (Phi) is 39.4. The lowest BCUT2D eigenvalue weighted by Crippen LogP contribution is -2.30. The molecule has 0 aliphatic carbocycles. The van der Waals surface area contributed by atoms with Crippen LogP contribution in [0.25, 0.3) is 0 Å². The zero-order chi connectivity index (χ0) is 37.3. The van der Waals surface area contributed by atoms with Crippen LogP contribution in [-0.4, -0.2) is 37.2 Å². The van der Waals surface area contributed by atoms with Crippen molar-refractivity contribution in [3.63, 3.8) is 0 Å². The third-order valence-corrected chi connectivity index (χ3v) is 9.77. The van der Waals surface area contributed by atoms with E-state index in [1.807, 2.05) is 0 Å². The summed E-state index contributed by atoms with van der Waals surface area (Å²) in [4.78, 5) is 37.6. The highest BCUT2D eigenvalue weighted by Crippen LogP contribution is 2.15. The molecule has 0 aromatic rings. The number of carbonyl (C=O) groups is 3. The van der Waals surface area contributed by atoms with E-state index >= 15 is 0 Å². The van der Waals surface area contributed by atoms with Crippen molar-refractivity contribution in [1.29, 1.82) is 0 Å². The fourth-order valence-corrected chi connectivity index (χ4v) is 6.36. The van der Waals surface area contributed by atoms with Gasteiger partial charge in [0.05, 0.1) is 0 Å². The molecule has 0 saturated heterocycles. The van der Waals surface area contributed by atoms with Gasteiger partial charge in [-0.05, 0) is 38.5 Å². The number of rotatable bonds is 40. The van der Waals surface area contributed by atoms with Crippen molar-refractivity contribution in [3.8, 4) is 0 Å². The fourth-order valence-electron chi connectivity index (χ4n) is 6.36. The zero-order valence-corrected chi connectivity index (χ0v) is 34.1. The third-order valence-electron chi connectivity index (χ3n) is 9.77. The SMILES string of the molecule is CCCC/C=C\CCCCCCC(=O)OC(COC(=O)CCCCCCCCCCCC)COC(=O)CCCCCCCCCCCCCCC. The van der Waals surface area contributed by atoms with Gasteiger partial charge in [-0.25, -0.2) is 0 Å². The second-order valence-electron chi connectivity index (χ2n) is 15.0. The van der Waals surface area contributed by atoms with Crippen molar-refractivity contribution >= 4 is 17.9 Å². The molecule has 0 aliphatic rings. The van der Waals surface area contributed by atoms with E-state index in [1.54, 1.807) is 0 Å². The van der Waals surface area contributed by atoms with Crippen molar-refractivity contribution in [2.45, 2.75) is 245 Å². The van der Waals surface area contributed by atoms with Crippen molar-refractivity contribution in [3.05, 3.63) is 12.2 Å². The highest BCUT2D eigenvalue weighted by atomic mass is 16.6. The van der Waals surface area contributed by atoms with Gasteiger partial charge in [0, 0.05) is 19.3 Å². The van der Waals surface area contributed by atoms with Crippen LogP contribution >= 0.6 is 0 Å². The van der Waals surface area contributed by atoms with Crippen molar-refractivity contribution in [1.82, 2.24) is 0 Å². The first-order chi connectivity index (χ1) is 25.0. The van der Waals surface area contributed by atoms with Crippen LogP contribution in [0.3, 0.4) is 0 Å². The summed E-state index contributed by atoms with van der Waals surface area (Å²) in [5.41, 5.74) is 0. The normalized spacial score (nSPS) is 12.0. The van der Waals surface area contributed by atoms with E-state index in [2.05, 4.69) is 32.9 Å². The molecule has 51 heavy (non-hydrogen) atoms. The van der Waals surface area contributed by atoms with Crippen LogP contribution in [0, 0.1) is 0 Å². The number of unbranched alkanes of at least 4 members (excludes halogenated alkanes) is 27. The Morgan fingerprint density at radius 2 is 0.667 bits per heavy atom. The Bertz CT molecular complexity index is 794. The zero-order valence-electron chi connectivity index (χ0n) is 34.1. The molecule has 0 N–H and O–H groups in total. The Morgan fingerprint density at radius 3 is 1.04 bits per heavy atom. The maximum absolute atomic E-state index is 12.6. The molecule has 0 amide bonds. The van der Waals surface area contributed by atoms with Crippen molar-refractivity contribution < 1.29 is 28.6 Å². The van der Waals surface area contributed by atoms with Crippen molar-refractivity contribution in [2.75, 3.05) is 13.2 Å². The van der Waals surface area contributed by atoms with Gasteiger partial charge in [-0.1, -0.05) is 193 Å². The molecule has 0 fully saturated rings. The Hall–Kier alpha value is -1.85. The van der Waals surface area contributed by atoms with Crippen LogP contribution in [0.5, 0.6) is 0 Å². The molecular formula is C45H84O6. The lowest BCUT2D eigenvalue weighted by molar-refractivity contribution is -0.167. The first-order valence-electron chi connectivity index (χ1n) is 22.2. The molecule has 0 spiro atoms. The van der Waals surface area contributed by atoms with Crippen LogP contribution in [-0.2, 0) is 28.6 Å². The van der Waals surface area contributed by atoms with E-state index in [0.717, 1.165) is 77.0 Å². The molecule has 6 heteroatoms. The van der Waals surface area contributed by atoms with E-state index in [1.165, 1.54) is 122 Å².